The minimum Gasteiger partial charge on any atom is -0.347 e. The van der Waals surface area contributed by atoms with Crippen LogP contribution in [0.4, 0.5) is 0 Å². The maximum Gasteiger partial charge on any atom is 0.272 e. The number of aromatic nitrogens is 2. The molecular weight excluding hydrogens is 314 g/mol. The van der Waals surface area contributed by atoms with Crippen LogP contribution in [0.25, 0.3) is 5.52 Å². The van der Waals surface area contributed by atoms with Gasteiger partial charge in [-0.3, -0.25) is 9.20 Å². The zero-order chi connectivity index (χ0) is 16.2. The van der Waals surface area contributed by atoms with E-state index in [0.717, 1.165) is 6.26 Å². The minimum absolute atomic E-state index is 0.0901. The Hall–Kier alpha value is -1.89. The summed E-state index contributed by atoms with van der Waals surface area (Å²) in [7, 11) is -3.51. The molecule has 23 heavy (non-hydrogen) atoms. The molecule has 1 amide bonds. The van der Waals surface area contributed by atoms with Crippen LogP contribution >= 0.6 is 0 Å². The average Bonchev–Trinajstić information content (AvgIpc) is 3.39. The van der Waals surface area contributed by atoms with Crippen LogP contribution in [0.3, 0.4) is 0 Å². The largest absolute Gasteiger partial charge is 0.347 e. The van der Waals surface area contributed by atoms with E-state index in [4.69, 9.17) is 0 Å². The standard InChI is InChI=1S/C16H19N3O3S/c1-23(21,22)16-18-14(12-4-2-3-9-19(12)16)15(20)17-13(10-5-6-10)11-7-8-11/h2-4,9-11,13H,5-8H2,1H3,(H,17,20). The summed E-state index contributed by atoms with van der Waals surface area (Å²) in [5, 5.41) is 3.01. The van der Waals surface area contributed by atoms with Crippen LogP contribution in [0.2, 0.25) is 0 Å². The summed E-state index contributed by atoms with van der Waals surface area (Å²) in [6.07, 6.45) is 7.39. The molecule has 0 spiro atoms. The fourth-order valence-electron chi connectivity index (χ4n) is 3.19. The molecule has 2 aromatic rings. The zero-order valence-corrected chi connectivity index (χ0v) is 13.7. The predicted octanol–water partition coefficient (Wildman–Crippen LogP) is 1.66. The number of nitrogens with one attached hydrogen (secondary N) is 1. The Bertz CT molecular complexity index is 867. The van der Waals surface area contributed by atoms with Gasteiger partial charge in [-0.05, 0) is 49.7 Å². The van der Waals surface area contributed by atoms with Crippen molar-refractivity contribution in [2.45, 2.75) is 36.9 Å². The summed E-state index contributed by atoms with van der Waals surface area (Å²) in [6.45, 7) is 0. The first kappa shape index (κ1) is 14.7. The topological polar surface area (TPSA) is 80.5 Å². The van der Waals surface area contributed by atoms with E-state index in [9.17, 15) is 13.2 Å². The molecule has 0 unspecified atom stereocenters. The van der Waals surface area contributed by atoms with Crippen molar-refractivity contribution in [1.29, 1.82) is 0 Å². The van der Waals surface area contributed by atoms with E-state index >= 15 is 0 Å². The number of carbonyl (C=O) groups excluding carboxylic acids is 1. The fourth-order valence-corrected chi connectivity index (χ4v) is 3.96. The Balaban J connectivity index is 1.71. The number of sulfone groups is 1. The van der Waals surface area contributed by atoms with E-state index in [-0.39, 0.29) is 22.8 Å². The molecule has 2 aromatic heterocycles. The van der Waals surface area contributed by atoms with Crippen molar-refractivity contribution in [2.75, 3.05) is 6.26 Å². The Morgan fingerprint density at radius 2 is 1.91 bits per heavy atom. The maximum atomic E-state index is 12.7. The van der Waals surface area contributed by atoms with Gasteiger partial charge in [-0.1, -0.05) is 6.07 Å². The molecule has 2 fully saturated rings. The lowest BCUT2D eigenvalue weighted by Crippen LogP contribution is -2.38. The van der Waals surface area contributed by atoms with E-state index < -0.39 is 9.84 Å². The average molecular weight is 333 g/mol. The van der Waals surface area contributed by atoms with Crippen molar-refractivity contribution in [3.8, 4) is 0 Å². The second kappa shape index (κ2) is 5.06. The lowest BCUT2D eigenvalue weighted by atomic mass is 10.1. The van der Waals surface area contributed by atoms with Crippen molar-refractivity contribution in [3.05, 3.63) is 30.1 Å². The van der Waals surface area contributed by atoms with Gasteiger partial charge < -0.3 is 5.32 Å². The molecule has 2 aliphatic carbocycles. The molecule has 4 rings (SSSR count). The SMILES string of the molecule is CS(=O)(=O)c1nc(C(=O)NC(C2CC2)C2CC2)c2ccccn12. The molecule has 7 heteroatoms. The molecule has 0 aliphatic heterocycles. The summed E-state index contributed by atoms with van der Waals surface area (Å²) in [6, 6.07) is 5.44. The highest BCUT2D eigenvalue weighted by molar-refractivity contribution is 7.90. The third kappa shape index (κ3) is 2.73. The van der Waals surface area contributed by atoms with Crippen LogP contribution in [-0.4, -0.2) is 36.0 Å². The molecule has 2 saturated carbocycles. The van der Waals surface area contributed by atoms with Gasteiger partial charge in [-0.25, -0.2) is 13.4 Å². The number of imidazole rings is 1. The highest BCUT2D eigenvalue weighted by Crippen LogP contribution is 2.44. The van der Waals surface area contributed by atoms with Crippen molar-refractivity contribution >= 4 is 21.3 Å². The van der Waals surface area contributed by atoms with Gasteiger partial charge in [0.2, 0.25) is 15.0 Å². The van der Waals surface area contributed by atoms with E-state index in [1.54, 1.807) is 24.4 Å². The summed E-state index contributed by atoms with van der Waals surface area (Å²) >= 11 is 0. The van der Waals surface area contributed by atoms with Gasteiger partial charge in [0.15, 0.2) is 5.69 Å². The molecule has 0 radical (unpaired) electrons. The van der Waals surface area contributed by atoms with Gasteiger partial charge in [0.1, 0.15) is 0 Å². The molecule has 6 nitrogen and oxygen atoms in total. The second-order valence-corrected chi connectivity index (χ2v) is 8.55. The number of hydrogen-bond donors (Lipinski definition) is 1. The van der Waals surface area contributed by atoms with Crippen LogP contribution in [0.1, 0.15) is 36.2 Å². The van der Waals surface area contributed by atoms with Gasteiger partial charge in [0, 0.05) is 18.5 Å². The van der Waals surface area contributed by atoms with Crippen molar-refractivity contribution < 1.29 is 13.2 Å². The first-order chi connectivity index (χ1) is 10.9. The van der Waals surface area contributed by atoms with Gasteiger partial charge in [-0.15, -0.1) is 0 Å². The molecule has 1 N–H and O–H groups in total. The number of fused-ring (bicyclic) bond motifs is 1. The Morgan fingerprint density at radius 1 is 1.26 bits per heavy atom. The lowest BCUT2D eigenvalue weighted by Gasteiger charge is -2.16. The molecule has 2 aliphatic rings. The number of amides is 1. The summed E-state index contributed by atoms with van der Waals surface area (Å²) in [4.78, 5) is 16.8. The number of nitrogens with zero attached hydrogens (tertiary/aromatic N) is 2. The van der Waals surface area contributed by atoms with Crippen LogP contribution < -0.4 is 5.32 Å². The molecule has 0 saturated heterocycles. The van der Waals surface area contributed by atoms with Gasteiger partial charge in [-0.2, -0.15) is 0 Å². The molecule has 122 valence electrons. The van der Waals surface area contributed by atoms with Gasteiger partial charge in [0.25, 0.3) is 5.91 Å². The van der Waals surface area contributed by atoms with Crippen LogP contribution in [0.5, 0.6) is 0 Å². The van der Waals surface area contributed by atoms with Gasteiger partial charge in [0.05, 0.1) is 5.52 Å². The van der Waals surface area contributed by atoms with Crippen molar-refractivity contribution in [2.24, 2.45) is 11.8 Å². The van der Waals surface area contributed by atoms with Gasteiger partial charge >= 0.3 is 0 Å². The Kier molecular flexibility index (Phi) is 3.23. The molecule has 2 heterocycles. The monoisotopic (exact) mass is 333 g/mol. The first-order valence-electron chi connectivity index (χ1n) is 7.93. The molecule has 0 aromatic carbocycles. The van der Waals surface area contributed by atoms with Crippen LogP contribution in [0, 0.1) is 11.8 Å². The van der Waals surface area contributed by atoms with E-state index in [1.807, 2.05) is 0 Å². The van der Waals surface area contributed by atoms with Crippen molar-refractivity contribution in [1.82, 2.24) is 14.7 Å². The highest BCUT2D eigenvalue weighted by Gasteiger charge is 2.42. The number of carbonyl (C=O) groups is 1. The minimum atomic E-state index is -3.51. The highest BCUT2D eigenvalue weighted by atomic mass is 32.2. The molecular formula is C16H19N3O3S. The maximum absolute atomic E-state index is 12.7. The second-order valence-electron chi connectivity index (χ2n) is 6.65. The quantitative estimate of drug-likeness (QED) is 0.902. The molecule has 0 atom stereocenters. The normalized spacial score (nSPS) is 18.5. The first-order valence-corrected chi connectivity index (χ1v) is 9.82. The predicted molar refractivity (Wildman–Crippen MR) is 85.0 cm³/mol. The van der Waals surface area contributed by atoms with Crippen LogP contribution in [0.15, 0.2) is 29.6 Å². The lowest BCUT2D eigenvalue weighted by molar-refractivity contribution is 0.0923. The zero-order valence-electron chi connectivity index (χ0n) is 12.9. The summed E-state index contributed by atoms with van der Waals surface area (Å²) < 4.78 is 25.3. The molecule has 0 bridgehead atoms. The van der Waals surface area contributed by atoms with E-state index in [0.29, 0.717) is 17.4 Å². The Labute approximate surface area is 134 Å². The van der Waals surface area contributed by atoms with E-state index in [2.05, 4.69) is 10.3 Å². The third-order valence-corrected chi connectivity index (χ3v) is 5.57. The smallest absolute Gasteiger partial charge is 0.272 e. The number of pyridine rings is 1. The number of hydrogen-bond acceptors (Lipinski definition) is 4. The van der Waals surface area contributed by atoms with E-state index in [1.165, 1.54) is 30.1 Å². The number of rotatable bonds is 5. The fraction of sp³-hybridized carbons (Fsp3) is 0.500. The summed E-state index contributed by atoms with van der Waals surface area (Å²) in [5.41, 5.74) is 0.716. The Morgan fingerprint density at radius 3 is 2.48 bits per heavy atom. The third-order valence-electron chi connectivity index (χ3n) is 4.62. The summed E-state index contributed by atoms with van der Waals surface area (Å²) in [5.74, 6) is 0.886. The van der Waals surface area contributed by atoms with Crippen LogP contribution in [-0.2, 0) is 9.84 Å². The van der Waals surface area contributed by atoms with Crippen molar-refractivity contribution in [3.63, 3.8) is 0 Å².